The number of β-amino-alcohol motifs (C(OH)–C–C–N with tert-alkyl or cyclic N) is 1. The largest absolute Gasteiger partial charge is 0.524 e. The van der Waals surface area contributed by atoms with Crippen molar-refractivity contribution in [1.82, 2.24) is 4.90 Å². The van der Waals surface area contributed by atoms with E-state index in [0.717, 1.165) is 12.1 Å². The van der Waals surface area contributed by atoms with Crippen LogP contribution in [0, 0.1) is 0 Å². The molecule has 0 aliphatic carbocycles. The van der Waals surface area contributed by atoms with Gasteiger partial charge < -0.3 is 24.1 Å². The second-order valence-electron chi connectivity index (χ2n) is 7.69. The predicted molar refractivity (Wildman–Crippen MR) is 118 cm³/mol. The summed E-state index contributed by atoms with van der Waals surface area (Å²) in [5, 5.41) is 21.3. The molecule has 2 atom stereocenters. The molecule has 11 heteroatoms. The van der Waals surface area contributed by atoms with Crippen molar-refractivity contribution in [1.29, 1.82) is 0 Å². The molecular formula is C21H21ClNO8P. The van der Waals surface area contributed by atoms with Crippen LogP contribution in [-0.2, 0) is 4.57 Å². The number of rotatable bonds is 4. The maximum Gasteiger partial charge on any atom is 0.524 e. The maximum absolute atomic E-state index is 13.1. The number of phosphoric acid groups is 1. The Balaban J connectivity index is 2.05. The Labute approximate surface area is 189 Å². The summed E-state index contributed by atoms with van der Waals surface area (Å²) >= 11 is 6.24. The first-order valence-electron chi connectivity index (χ1n) is 10.2. The smallest absolute Gasteiger partial charge is 0.507 e. The van der Waals surface area contributed by atoms with E-state index in [1.54, 1.807) is 6.07 Å². The van der Waals surface area contributed by atoms with Crippen LogP contribution in [-0.4, -0.2) is 51.1 Å². The Hall–Kier alpha value is -2.39. The number of aliphatic hydroxyl groups is 1. The lowest BCUT2D eigenvalue weighted by Gasteiger charge is -2.34. The van der Waals surface area contributed by atoms with Gasteiger partial charge in [-0.05, 0) is 32.1 Å². The van der Waals surface area contributed by atoms with E-state index in [2.05, 4.69) is 4.52 Å². The Kier molecular flexibility index (Phi) is 5.71. The summed E-state index contributed by atoms with van der Waals surface area (Å²) in [5.74, 6) is -1.72. The van der Waals surface area contributed by atoms with Crippen LogP contribution in [0.25, 0.3) is 22.3 Å². The van der Waals surface area contributed by atoms with Gasteiger partial charge in [-0.2, -0.15) is 0 Å². The number of likely N-dealkylation sites (tertiary alicyclic amines) is 1. The highest BCUT2D eigenvalue weighted by molar-refractivity contribution is 7.46. The molecule has 4 N–H and O–H groups in total. The third-order valence-electron chi connectivity index (χ3n) is 5.41. The van der Waals surface area contributed by atoms with Crippen LogP contribution in [0.1, 0.15) is 19.3 Å². The topological polar surface area (TPSA) is 141 Å². The number of hydrogen-bond donors (Lipinski definition) is 4. The molecule has 0 radical (unpaired) electrons. The van der Waals surface area contributed by atoms with Crippen molar-refractivity contribution in [2.45, 2.75) is 18.4 Å². The quantitative estimate of drug-likeness (QED) is 0.413. The van der Waals surface area contributed by atoms with Crippen LogP contribution in [0.3, 0.4) is 0 Å². The molecule has 1 aliphatic heterocycles. The van der Waals surface area contributed by atoms with E-state index < -0.39 is 36.8 Å². The molecule has 2 unspecified atom stereocenters. The third-order valence-corrected chi connectivity index (χ3v) is 6.16. The molecule has 1 saturated heterocycles. The summed E-state index contributed by atoms with van der Waals surface area (Å²) in [4.78, 5) is 33.6. The number of phenolic OH excluding ortho intramolecular Hbond substituents is 1. The second kappa shape index (κ2) is 8.51. The van der Waals surface area contributed by atoms with E-state index in [0.29, 0.717) is 19.5 Å². The monoisotopic (exact) mass is 482 g/mol. The molecule has 1 aliphatic rings. The molecule has 2 heterocycles. The van der Waals surface area contributed by atoms with Gasteiger partial charge >= 0.3 is 7.82 Å². The number of piperidine rings is 1. The van der Waals surface area contributed by atoms with E-state index in [1.807, 2.05) is 11.9 Å². The van der Waals surface area contributed by atoms with Crippen molar-refractivity contribution in [3.8, 4) is 22.8 Å². The third kappa shape index (κ3) is 4.41. The van der Waals surface area contributed by atoms with Gasteiger partial charge in [-0.15, -0.1) is 0 Å². The molecule has 32 heavy (non-hydrogen) atoms. The van der Waals surface area contributed by atoms with E-state index in [1.165, 1.54) is 12.1 Å². The second-order valence-corrected chi connectivity index (χ2v) is 9.26. The van der Waals surface area contributed by atoms with Crippen molar-refractivity contribution in [3.05, 3.63) is 57.2 Å². The first-order chi connectivity index (χ1) is 15.5. The average molecular weight is 483 g/mol. The Bertz CT molecular complexity index is 1320. The van der Waals surface area contributed by atoms with Crippen molar-refractivity contribution in [2.24, 2.45) is 0 Å². The van der Waals surface area contributed by atoms with Gasteiger partial charge in [-0.25, -0.2) is 4.57 Å². The molecule has 1 fully saturated rings. The molecule has 2 aromatic carbocycles. The highest BCUT2D eigenvalue weighted by Crippen LogP contribution is 2.47. The van der Waals surface area contributed by atoms with Gasteiger partial charge in [0.15, 0.2) is 5.43 Å². The van der Waals surface area contributed by atoms with Gasteiger partial charge in [0.25, 0.3) is 0 Å². The van der Waals surface area contributed by atoms with Crippen LogP contribution in [0.2, 0.25) is 5.02 Å². The van der Waals surface area contributed by atoms with E-state index >= 15 is 0 Å². The highest BCUT2D eigenvalue weighted by Gasteiger charge is 2.34. The molecule has 4 rings (SSSR count). The molecule has 9 nitrogen and oxygen atoms in total. The van der Waals surface area contributed by atoms with Gasteiger partial charge in [0, 0.05) is 35.7 Å². The summed E-state index contributed by atoms with van der Waals surface area (Å²) in [6.45, 7) is 0.895. The molecule has 3 aromatic rings. The van der Waals surface area contributed by atoms with Gasteiger partial charge in [0.05, 0.1) is 12.5 Å². The summed E-state index contributed by atoms with van der Waals surface area (Å²) < 4.78 is 30.3. The normalized spacial score (nSPS) is 20.3. The number of hydrogen-bond acceptors (Lipinski definition) is 7. The molecule has 0 amide bonds. The van der Waals surface area contributed by atoms with Crippen molar-refractivity contribution >= 4 is 30.4 Å². The lowest BCUT2D eigenvalue weighted by atomic mass is 9.85. The van der Waals surface area contributed by atoms with E-state index in [-0.39, 0.29) is 38.9 Å². The standard InChI is InChI=1S/C21H21ClNO8P/c1-23-7-6-12(16(26)10-23)19-14(24)9-18(31-32(27,28)29)20-15(25)8-17(30-21(19)20)11-4-2-3-5-13(11)22/h2-5,8-9,12,16,24,26H,6-7,10H2,1H3,(H2,27,28,29)/i4D. The number of aromatic hydroxyl groups is 1. The predicted octanol–water partition coefficient (Wildman–Crippen LogP) is 3.07. The number of nitrogens with zero attached hydrogens (tertiary/aromatic N) is 1. The fourth-order valence-corrected chi connectivity index (χ4v) is 4.64. The Morgan fingerprint density at radius 1 is 1.34 bits per heavy atom. The van der Waals surface area contributed by atoms with Gasteiger partial charge in [-0.1, -0.05) is 23.7 Å². The minimum absolute atomic E-state index is 0.0160. The zero-order valence-electron chi connectivity index (χ0n) is 17.9. The molecule has 0 spiro atoms. The summed E-state index contributed by atoms with van der Waals surface area (Å²) in [6.07, 6.45) is -0.490. The summed E-state index contributed by atoms with van der Waals surface area (Å²) in [7, 11) is -3.25. The zero-order chi connectivity index (χ0) is 24.1. The lowest BCUT2D eigenvalue weighted by molar-refractivity contribution is 0.0630. The van der Waals surface area contributed by atoms with Gasteiger partial charge in [-0.3, -0.25) is 14.6 Å². The molecule has 1 aromatic heterocycles. The molecule has 0 saturated carbocycles. The number of phosphoric ester groups is 1. The average Bonchev–Trinajstić information content (AvgIpc) is 2.67. The van der Waals surface area contributed by atoms with Crippen LogP contribution in [0.15, 0.2) is 45.6 Å². The van der Waals surface area contributed by atoms with Crippen molar-refractivity contribution < 1.29 is 34.9 Å². The highest BCUT2D eigenvalue weighted by atomic mass is 35.5. The Morgan fingerprint density at radius 3 is 2.75 bits per heavy atom. The summed E-state index contributed by atoms with van der Waals surface area (Å²) in [5.41, 5.74) is -0.679. The van der Waals surface area contributed by atoms with E-state index in [4.69, 9.17) is 17.4 Å². The Morgan fingerprint density at radius 2 is 2.09 bits per heavy atom. The van der Waals surface area contributed by atoms with Gasteiger partial charge in [0.1, 0.15) is 28.2 Å². The van der Waals surface area contributed by atoms with Crippen LogP contribution in [0.5, 0.6) is 11.5 Å². The van der Waals surface area contributed by atoms with Crippen LogP contribution in [0.4, 0.5) is 0 Å². The molecule has 0 bridgehead atoms. The number of aliphatic hydroxyl groups excluding tert-OH is 1. The minimum atomic E-state index is -5.08. The number of halogens is 1. The van der Waals surface area contributed by atoms with Gasteiger partial charge in [0.2, 0.25) is 0 Å². The number of fused-ring (bicyclic) bond motifs is 1. The first-order valence-corrected chi connectivity index (χ1v) is 11.6. The van der Waals surface area contributed by atoms with Crippen LogP contribution < -0.4 is 9.95 Å². The fraction of sp³-hybridized carbons (Fsp3) is 0.286. The maximum atomic E-state index is 13.1. The van der Waals surface area contributed by atoms with Crippen molar-refractivity contribution in [2.75, 3.05) is 20.1 Å². The minimum Gasteiger partial charge on any atom is -0.507 e. The van der Waals surface area contributed by atoms with Crippen molar-refractivity contribution in [3.63, 3.8) is 0 Å². The number of benzene rings is 2. The first kappa shape index (κ1) is 21.5. The molecular weight excluding hydrogens is 461 g/mol. The zero-order valence-corrected chi connectivity index (χ0v) is 18.5. The lowest BCUT2D eigenvalue weighted by Crippen LogP contribution is -2.40. The van der Waals surface area contributed by atoms with Crippen LogP contribution >= 0.6 is 19.4 Å². The fourth-order valence-electron chi connectivity index (χ4n) is 4.02. The SMILES string of the molecule is [2H]c1cccc(Cl)c1-c1cc(=O)c2c(OP(=O)(O)O)cc(O)c(C3CCN(C)CC3O)c2o1. The number of phenols is 1. The van der Waals surface area contributed by atoms with E-state index in [9.17, 15) is 29.4 Å². The summed E-state index contributed by atoms with van der Waals surface area (Å²) in [6, 6.07) is 6.50. The molecule has 170 valence electrons. The number of likely N-dealkylation sites (N-methyl/N-ethyl adjacent to an activating group) is 1.